The van der Waals surface area contributed by atoms with Crippen LogP contribution in [0.2, 0.25) is 5.02 Å². The lowest BCUT2D eigenvalue weighted by Crippen LogP contribution is -2.45. The Balaban J connectivity index is 2.14. The predicted molar refractivity (Wildman–Crippen MR) is 69.7 cm³/mol. The summed E-state index contributed by atoms with van der Waals surface area (Å²) in [5, 5.41) is 15.1. The van der Waals surface area contributed by atoms with Crippen molar-refractivity contribution in [1.82, 2.24) is 14.7 Å². The van der Waals surface area contributed by atoms with Gasteiger partial charge >= 0.3 is 0 Å². The van der Waals surface area contributed by atoms with E-state index in [0.717, 1.165) is 19.6 Å². The molecule has 0 aliphatic carbocycles. The van der Waals surface area contributed by atoms with Crippen LogP contribution in [0.4, 0.5) is 0 Å². The van der Waals surface area contributed by atoms with Crippen molar-refractivity contribution in [3.8, 4) is 0 Å². The van der Waals surface area contributed by atoms with E-state index in [1.807, 2.05) is 6.92 Å². The zero-order valence-corrected chi connectivity index (χ0v) is 11.6. The third kappa shape index (κ3) is 2.69. The Morgan fingerprint density at radius 3 is 3.00 bits per heavy atom. The van der Waals surface area contributed by atoms with E-state index in [9.17, 15) is 5.11 Å². The second kappa shape index (κ2) is 6.02. The lowest BCUT2D eigenvalue weighted by atomic mass is 10.1. The minimum Gasteiger partial charge on any atom is -0.384 e. The van der Waals surface area contributed by atoms with Crippen molar-refractivity contribution >= 4 is 11.6 Å². The maximum Gasteiger partial charge on any atom is 0.124 e. The first-order valence-corrected chi connectivity index (χ1v) is 6.78. The van der Waals surface area contributed by atoms with Crippen molar-refractivity contribution in [1.29, 1.82) is 0 Å². The van der Waals surface area contributed by atoms with Gasteiger partial charge in [0.15, 0.2) is 0 Å². The predicted octanol–water partition coefficient (Wildman–Crippen LogP) is 1.31. The molecule has 2 atom stereocenters. The molecule has 0 aromatic carbocycles. The quantitative estimate of drug-likeness (QED) is 0.899. The molecule has 18 heavy (non-hydrogen) atoms. The summed E-state index contributed by atoms with van der Waals surface area (Å²) in [6, 6.07) is 0. The van der Waals surface area contributed by atoms with Crippen LogP contribution in [0.1, 0.15) is 25.6 Å². The molecule has 0 spiro atoms. The summed E-state index contributed by atoms with van der Waals surface area (Å²) in [7, 11) is 0. The SMILES string of the molecule is CCN1CCOC(C(O)c2c(Cl)cnn2CC)C1. The fraction of sp³-hybridized carbons (Fsp3) is 0.750. The summed E-state index contributed by atoms with van der Waals surface area (Å²) in [6.07, 6.45) is 0.608. The van der Waals surface area contributed by atoms with E-state index >= 15 is 0 Å². The van der Waals surface area contributed by atoms with Crippen molar-refractivity contribution in [2.45, 2.75) is 32.6 Å². The van der Waals surface area contributed by atoms with Crippen molar-refractivity contribution in [2.24, 2.45) is 0 Å². The van der Waals surface area contributed by atoms with Gasteiger partial charge in [-0.05, 0) is 13.5 Å². The first-order valence-electron chi connectivity index (χ1n) is 6.40. The number of hydrogen-bond acceptors (Lipinski definition) is 4. The summed E-state index contributed by atoms with van der Waals surface area (Å²) >= 11 is 6.10. The Bertz CT molecular complexity index is 397. The third-order valence-electron chi connectivity index (χ3n) is 3.39. The average Bonchev–Trinajstić information content (AvgIpc) is 2.79. The van der Waals surface area contributed by atoms with Crippen molar-refractivity contribution < 1.29 is 9.84 Å². The monoisotopic (exact) mass is 273 g/mol. The molecule has 1 aliphatic rings. The number of rotatable bonds is 4. The van der Waals surface area contributed by atoms with E-state index in [1.165, 1.54) is 0 Å². The minimum atomic E-state index is -0.728. The van der Waals surface area contributed by atoms with Gasteiger partial charge in [0, 0.05) is 19.6 Å². The summed E-state index contributed by atoms with van der Waals surface area (Å²) in [6.45, 7) is 8.02. The van der Waals surface area contributed by atoms with Gasteiger partial charge in [0.2, 0.25) is 0 Å². The molecule has 2 rings (SSSR count). The highest BCUT2D eigenvalue weighted by molar-refractivity contribution is 6.31. The second-order valence-corrected chi connectivity index (χ2v) is 4.85. The lowest BCUT2D eigenvalue weighted by Gasteiger charge is -2.34. The maximum absolute atomic E-state index is 10.4. The Morgan fingerprint density at radius 2 is 2.33 bits per heavy atom. The number of aromatic nitrogens is 2. The molecule has 2 heterocycles. The Hall–Kier alpha value is -0.620. The summed E-state index contributed by atoms with van der Waals surface area (Å²) in [5.41, 5.74) is 0.655. The lowest BCUT2D eigenvalue weighted by molar-refractivity contribution is -0.0911. The Labute approximate surface area is 112 Å². The number of halogens is 1. The van der Waals surface area contributed by atoms with Crippen LogP contribution in [-0.4, -0.2) is 52.1 Å². The molecule has 5 nitrogen and oxygen atoms in total. The fourth-order valence-corrected chi connectivity index (χ4v) is 2.56. The molecule has 1 fully saturated rings. The van der Waals surface area contributed by atoms with Crippen LogP contribution in [0.25, 0.3) is 0 Å². The third-order valence-corrected chi connectivity index (χ3v) is 3.68. The minimum absolute atomic E-state index is 0.238. The molecule has 6 heteroatoms. The van der Waals surface area contributed by atoms with Gasteiger partial charge in [-0.2, -0.15) is 5.10 Å². The number of nitrogens with zero attached hydrogens (tertiary/aromatic N) is 3. The van der Waals surface area contributed by atoms with Crippen LogP contribution in [-0.2, 0) is 11.3 Å². The Morgan fingerprint density at radius 1 is 1.56 bits per heavy atom. The number of aryl methyl sites for hydroxylation is 1. The highest BCUT2D eigenvalue weighted by Gasteiger charge is 2.30. The zero-order valence-electron chi connectivity index (χ0n) is 10.8. The largest absolute Gasteiger partial charge is 0.384 e. The normalized spacial score (nSPS) is 23.2. The number of ether oxygens (including phenoxy) is 1. The maximum atomic E-state index is 10.4. The van der Waals surface area contributed by atoms with E-state index in [-0.39, 0.29) is 6.10 Å². The van der Waals surface area contributed by atoms with Gasteiger partial charge in [-0.3, -0.25) is 9.58 Å². The van der Waals surface area contributed by atoms with Gasteiger partial charge in [0.05, 0.1) is 23.5 Å². The molecule has 0 radical (unpaired) electrons. The van der Waals surface area contributed by atoms with Gasteiger partial charge in [0.25, 0.3) is 0 Å². The summed E-state index contributed by atoms with van der Waals surface area (Å²) in [5.74, 6) is 0. The number of likely N-dealkylation sites (N-methyl/N-ethyl adjacent to an activating group) is 1. The van der Waals surface area contributed by atoms with Crippen molar-refractivity contribution in [3.63, 3.8) is 0 Å². The summed E-state index contributed by atoms with van der Waals surface area (Å²) in [4.78, 5) is 2.26. The zero-order chi connectivity index (χ0) is 13.1. The van der Waals surface area contributed by atoms with Gasteiger partial charge in [-0.15, -0.1) is 0 Å². The fourth-order valence-electron chi connectivity index (χ4n) is 2.30. The molecule has 102 valence electrons. The number of aliphatic hydroxyl groups is 1. The van der Waals surface area contributed by atoms with E-state index in [2.05, 4.69) is 16.9 Å². The topological polar surface area (TPSA) is 50.5 Å². The molecule has 1 N–H and O–H groups in total. The molecular formula is C12H20ClN3O2. The first kappa shape index (κ1) is 13.8. The van der Waals surface area contributed by atoms with Crippen LogP contribution in [0.15, 0.2) is 6.20 Å². The molecule has 1 aromatic rings. The highest BCUT2D eigenvalue weighted by Crippen LogP contribution is 2.28. The highest BCUT2D eigenvalue weighted by atomic mass is 35.5. The second-order valence-electron chi connectivity index (χ2n) is 4.44. The molecule has 0 saturated carbocycles. The molecule has 0 bridgehead atoms. The van der Waals surface area contributed by atoms with E-state index < -0.39 is 6.10 Å². The summed E-state index contributed by atoms with van der Waals surface area (Å²) < 4.78 is 7.38. The van der Waals surface area contributed by atoms with Gasteiger partial charge in [-0.1, -0.05) is 18.5 Å². The first-order chi connectivity index (χ1) is 8.67. The van der Waals surface area contributed by atoms with E-state index in [4.69, 9.17) is 16.3 Å². The van der Waals surface area contributed by atoms with Gasteiger partial charge < -0.3 is 9.84 Å². The van der Waals surface area contributed by atoms with Crippen LogP contribution >= 0.6 is 11.6 Å². The standard InChI is InChI=1S/C12H20ClN3O2/c1-3-15-5-6-18-10(8-15)12(17)11-9(13)7-14-16(11)4-2/h7,10,12,17H,3-6,8H2,1-2H3. The molecular weight excluding hydrogens is 254 g/mol. The van der Waals surface area contributed by atoms with Crippen LogP contribution in [0, 0.1) is 0 Å². The number of hydrogen-bond donors (Lipinski definition) is 1. The van der Waals surface area contributed by atoms with Crippen molar-refractivity contribution in [2.75, 3.05) is 26.2 Å². The van der Waals surface area contributed by atoms with Crippen LogP contribution < -0.4 is 0 Å². The Kier molecular flexibility index (Phi) is 4.61. The van der Waals surface area contributed by atoms with E-state index in [1.54, 1.807) is 10.9 Å². The molecule has 1 aliphatic heterocycles. The van der Waals surface area contributed by atoms with Crippen LogP contribution in [0.3, 0.4) is 0 Å². The van der Waals surface area contributed by atoms with Crippen molar-refractivity contribution in [3.05, 3.63) is 16.9 Å². The van der Waals surface area contributed by atoms with Gasteiger partial charge in [-0.25, -0.2) is 0 Å². The molecule has 1 aromatic heterocycles. The van der Waals surface area contributed by atoms with Gasteiger partial charge in [0.1, 0.15) is 12.2 Å². The number of morpholine rings is 1. The van der Waals surface area contributed by atoms with Crippen LogP contribution in [0.5, 0.6) is 0 Å². The van der Waals surface area contributed by atoms with E-state index in [0.29, 0.717) is 23.9 Å². The molecule has 1 saturated heterocycles. The molecule has 0 amide bonds. The number of aliphatic hydroxyl groups excluding tert-OH is 1. The molecule has 2 unspecified atom stereocenters. The smallest absolute Gasteiger partial charge is 0.124 e. The average molecular weight is 274 g/mol.